The number of hydrogen-bond donors (Lipinski definition) is 3. The van der Waals surface area contributed by atoms with E-state index in [9.17, 15) is 4.79 Å². The summed E-state index contributed by atoms with van der Waals surface area (Å²) in [6.07, 6.45) is 2.39. The van der Waals surface area contributed by atoms with Crippen LogP contribution in [0.25, 0.3) is 0 Å². The largest absolute Gasteiger partial charge is 0.497 e. The zero-order valence-corrected chi connectivity index (χ0v) is 11.3. The lowest BCUT2D eigenvalue weighted by Gasteiger charge is -2.07. The van der Waals surface area contributed by atoms with E-state index in [-0.39, 0.29) is 12.6 Å². The van der Waals surface area contributed by atoms with Gasteiger partial charge in [-0.05, 0) is 37.0 Å². The molecule has 3 N–H and O–H groups in total. The molecule has 2 amide bonds. The van der Waals surface area contributed by atoms with Crippen molar-refractivity contribution in [2.75, 3.05) is 26.8 Å². The Morgan fingerprint density at radius 3 is 2.37 bits per heavy atom. The summed E-state index contributed by atoms with van der Waals surface area (Å²) in [4.78, 5) is 11.3. The number of ether oxygens (including phenoxy) is 1. The first-order valence-corrected chi connectivity index (χ1v) is 6.51. The number of aryl methyl sites for hydroxylation is 1. The van der Waals surface area contributed by atoms with Crippen molar-refractivity contribution in [2.45, 2.75) is 19.3 Å². The number of benzene rings is 1. The van der Waals surface area contributed by atoms with E-state index in [2.05, 4.69) is 10.6 Å². The molecule has 1 rings (SSSR count). The topological polar surface area (TPSA) is 70.6 Å². The van der Waals surface area contributed by atoms with Crippen molar-refractivity contribution in [1.82, 2.24) is 10.6 Å². The first kappa shape index (κ1) is 15.3. The number of nitrogens with one attached hydrogen (secondary N) is 2. The van der Waals surface area contributed by atoms with Gasteiger partial charge in [-0.15, -0.1) is 0 Å². The minimum Gasteiger partial charge on any atom is -0.497 e. The van der Waals surface area contributed by atoms with Crippen LogP contribution in [-0.2, 0) is 6.42 Å². The van der Waals surface area contributed by atoms with Crippen molar-refractivity contribution >= 4 is 6.03 Å². The highest BCUT2D eigenvalue weighted by atomic mass is 16.5. The van der Waals surface area contributed by atoms with E-state index in [4.69, 9.17) is 9.84 Å². The van der Waals surface area contributed by atoms with Crippen molar-refractivity contribution in [3.8, 4) is 5.75 Å². The molecule has 0 heterocycles. The van der Waals surface area contributed by atoms with Crippen LogP contribution in [0, 0.1) is 0 Å². The maximum Gasteiger partial charge on any atom is 0.314 e. The summed E-state index contributed by atoms with van der Waals surface area (Å²) in [6, 6.07) is 7.75. The predicted molar refractivity (Wildman–Crippen MR) is 74.4 cm³/mol. The fraction of sp³-hybridized carbons (Fsp3) is 0.500. The van der Waals surface area contributed by atoms with Crippen molar-refractivity contribution in [2.24, 2.45) is 0 Å². The smallest absolute Gasteiger partial charge is 0.314 e. The Balaban J connectivity index is 2.11. The molecule has 0 aliphatic carbocycles. The molecule has 0 unspecified atom stereocenters. The number of amides is 2. The Labute approximate surface area is 114 Å². The lowest BCUT2D eigenvalue weighted by Crippen LogP contribution is -2.36. The van der Waals surface area contributed by atoms with Crippen LogP contribution in [0.1, 0.15) is 18.4 Å². The molecule has 5 nitrogen and oxygen atoms in total. The number of methoxy groups -OCH3 is 1. The normalized spacial score (nSPS) is 10.0. The van der Waals surface area contributed by atoms with Crippen LogP contribution in [0.5, 0.6) is 5.75 Å². The van der Waals surface area contributed by atoms with Crippen LogP contribution in [0.4, 0.5) is 4.79 Å². The molecule has 0 saturated heterocycles. The highest BCUT2D eigenvalue weighted by molar-refractivity contribution is 5.73. The zero-order chi connectivity index (χ0) is 13.9. The van der Waals surface area contributed by atoms with Gasteiger partial charge in [-0.2, -0.15) is 0 Å². The molecule has 0 radical (unpaired) electrons. The van der Waals surface area contributed by atoms with Crippen LogP contribution in [0.3, 0.4) is 0 Å². The molecule has 19 heavy (non-hydrogen) atoms. The van der Waals surface area contributed by atoms with Gasteiger partial charge in [0, 0.05) is 19.7 Å². The fourth-order valence-electron chi connectivity index (χ4n) is 1.63. The second-order valence-corrected chi connectivity index (χ2v) is 4.21. The molecule has 0 aliphatic heterocycles. The van der Waals surface area contributed by atoms with E-state index in [0.717, 1.165) is 18.6 Å². The number of carbonyl (C=O) groups excluding carboxylic acids is 1. The van der Waals surface area contributed by atoms with E-state index >= 15 is 0 Å². The summed E-state index contributed by atoms with van der Waals surface area (Å²) in [6.45, 7) is 1.23. The van der Waals surface area contributed by atoms with E-state index in [0.29, 0.717) is 19.5 Å². The summed E-state index contributed by atoms with van der Waals surface area (Å²) in [7, 11) is 1.65. The Hall–Kier alpha value is -1.75. The Kier molecular flexibility index (Phi) is 7.43. The van der Waals surface area contributed by atoms with Gasteiger partial charge in [-0.3, -0.25) is 0 Å². The maximum atomic E-state index is 11.3. The number of aliphatic hydroxyl groups excluding tert-OH is 1. The molecular formula is C14H22N2O3. The molecule has 1 aromatic carbocycles. The number of rotatable bonds is 8. The van der Waals surface area contributed by atoms with E-state index in [1.165, 1.54) is 5.56 Å². The second kappa shape index (κ2) is 9.22. The molecule has 0 fully saturated rings. The number of aliphatic hydroxyl groups is 1. The van der Waals surface area contributed by atoms with Crippen molar-refractivity contribution in [3.05, 3.63) is 29.8 Å². The number of hydrogen-bond acceptors (Lipinski definition) is 3. The van der Waals surface area contributed by atoms with Crippen molar-refractivity contribution < 1.29 is 14.6 Å². The molecule has 0 spiro atoms. The van der Waals surface area contributed by atoms with Gasteiger partial charge in [0.1, 0.15) is 5.75 Å². The number of carbonyl (C=O) groups is 1. The first-order chi connectivity index (χ1) is 9.26. The lowest BCUT2D eigenvalue weighted by molar-refractivity contribution is 0.238. The van der Waals surface area contributed by atoms with Gasteiger partial charge < -0.3 is 20.5 Å². The Morgan fingerprint density at radius 1 is 1.16 bits per heavy atom. The molecule has 0 atom stereocenters. The standard InChI is InChI=1S/C14H22N2O3/c1-19-13-7-5-12(6-8-13)4-2-9-15-14(18)16-10-3-11-17/h5-8,17H,2-4,9-11H2,1H3,(H2,15,16,18). The van der Waals surface area contributed by atoms with Crippen LogP contribution >= 0.6 is 0 Å². The second-order valence-electron chi connectivity index (χ2n) is 4.21. The van der Waals surface area contributed by atoms with Gasteiger partial charge in [0.15, 0.2) is 0 Å². The van der Waals surface area contributed by atoms with Crippen LogP contribution in [0.2, 0.25) is 0 Å². The van der Waals surface area contributed by atoms with Crippen LogP contribution in [0.15, 0.2) is 24.3 Å². The van der Waals surface area contributed by atoms with E-state index < -0.39 is 0 Å². The van der Waals surface area contributed by atoms with Gasteiger partial charge in [0.25, 0.3) is 0 Å². The highest BCUT2D eigenvalue weighted by Crippen LogP contribution is 2.12. The molecule has 106 valence electrons. The minimum atomic E-state index is -0.178. The average molecular weight is 266 g/mol. The lowest BCUT2D eigenvalue weighted by atomic mass is 10.1. The summed E-state index contributed by atoms with van der Waals surface area (Å²) in [5, 5.41) is 14.0. The SMILES string of the molecule is COc1ccc(CCCNC(=O)NCCCO)cc1. The summed E-state index contributed by atoms with van der Waals surface area (Å²) < 4.78 is 5.09. The molecule has 0 saturated carbocycles. The third-order valence-corrected chi connectivity index (χ3v) is 2.71. The summed E-state index contributed by atoms with van der Waals surface area (Å²) in [5.41, 5.74) is 1.23. The Bertz CT molecular complexity index is 365. The maximum absolute atomic E-state index is 11.3. The highest BCUT2D eigenvalue weighted by Gasteiger charge is 1.99. The van der Waals surface area contributed by atoms with Gasteiger partial charge >= 0.3 is 6.03 Å². The summed E-state index contributed by atoms with van der Waals surface area (Å²) in [5.74, 6) is 0.852. The van der Waals surface area contributed by atoms with Gasteiger partial charge in [-0.25, -0.2) is 4.79 Å². The molecule has 0 aromatic heterocycles. The molecule has 0 aliphatic rings. The fourth-order valence-corrected chi connectivity index (χ4v) is 1.63. The third-order valence-electron chi connectivity index (χ3n) is 2.71. The minimum absolute atomic E-state index is 0.0950. The molecular weight excluding hydrogens is 244 g/mol. The number of urea groups is 1. The van der Waals surface area contributed by atoms with Gasteiger partial charge in [-0.1, -0.05) is 12.1 Å². The molecule has 1 aromatic rings. The van der Waals surface area contributed by atoms with E-state index in [1.807, 2.05) is 24.3 Å². The van der Waals surface area contributed by atoms with E-state index in [1.54, 1.807) is 7.11 Å². The Morgan fingerprint density at radius 2 is 1.79 bits per heavy atom. The van der Waals surface area contributed by atoms with Crippen LogP contribution in [-0.4, -0.2) is 37.9 Å². The average Bonchev–Trinajstić information content (AvgIpc) is 2.44. The quantitative estimate of drug-likeness (QED) is 0.621. The predicted octanol–water partition coefficient (Wildman–Crippen LogP) is 1.31. The first-order valence-electron chi connectivity index (χ1n) is 6.51. The van der Waals surface area contributed by atoms with Crippen molar-refractivity contribution in [3.63, 3.8) is 0 Å². The van der Waals surface area contributed by atoms with Crippen molar-refractivity contribution in [1.29, 1.82) is 0 Å². The van der Waals surface area contributed by atoms with Gasteiger partial charge in [0.05, 0.1) is 7.11 Å². The monoisotopic (exact) mass is 266 g/mol. The van der Waals surface area contributed by atoms with Crippen LogP contribution < -0.4 is 15.4 Å². The molecule has 5 heteroatoms. The zero-order valence-electron chi connectivity index (χ0n) is 11.3. The summed E-state index contributed by atoms with van der Waals surface area (Å²) >= 11 is 0. The van der Waals surface area contributed by atoms with Gasteiger partial charge in [0.2, 0.25) is 0 Å². The third kappa shape index (κ3) is 6.67. The molecule has 0 bridgehead atoms.